The van der Waals surface area contributed by atoms with Crippen molar-refractivity contribution >= 4 is 11.7 Å². The van der Waals surface area contributed by atoms with Crippen LogP contribution in [0.4, 0.5) is 5.82 Å². The summed E-state index contributed by atoms with van der Waals surface area (Å²) in [6.07, 6.45) is 8.85. The molecular formula is C18H22N6O. The fraction of sp³-hybridized carbons (Fsp3) is 0.500. The molecule has 25 heavy (non-hydrogen) atoms. The van der Waals surface area contributed by atoms with Gasteiger partial charge < -0.3 is 10.2 Å². The third kappa shape index (κ3) is 3.75. The fourth-order valence-corrected chi connectivity index (χ4v) is 3.20. The van der Waals surface area contributed by atoms with Gasteiger partial charge in [-0.1, -0.05) is 0 Å². The van der Waals surface area contributed by atoms with Crippen molar-refractivity contribution in [2.24, 2.45) is 0 Å². The van der Waals surface area contributed by atoms with Crippen molar-refractivity contribution in [3.63, 3.8) is 0 Å². The second-order valence-corrected chi connectivity index (χ2v) is 6.83. The number of piperidine rings is 1. The number of carbonyl (C=O) groups is 1. The molecule has 4 rings (SSSR count). The molecule has 0 atom stereocenters. The van der Waals surface area contributed by atoms with E-state index < -0.39 is 0 Å². The molecule has 1 N–H and O–H groups in total. The zero-order valence-corrected chi connectivity index (χ0v) is 14.4. The summed E-state index contributed by atoms with van der Waals surface area (Å²) in [6.45, 7) is 3.44. The number of amides is 1. The van der Waals surface area contributed by atoms with Gasteiger partial charge in [0.2, 0.25) is 0 Å². The van der Waals surface area contributed by atoms with E-state index in [2.05, 4.69) is 25.3 Å². The van der Waals surface area contributed by atoms with Crippen LogP contribution >= 0.6 is 0 Å². The molecule has 1 saturated heterocycles. The molecule has 7 nitrogen and oxygen atoms in total. The lowest BCUT2D eigenvalue weighted by atomic mass is 10.0. The van der Waals surface area contributed by atoms with Gasteiger partial charge in [0.05, 0.1) is 6.20 Å². The molecule has 1 saturated carbocycles. The number of hydrogen-bond donors (Lipinski definition) is 1. The highest BCUT2D eigenvalue weighted by molar-refractivity contribution is 5.92. The minimum atomic E-state index is -0.0412. The Bertz CT molecular complexity index is 753. The van der Waals surface area contributed by atoms with E-state index >= 15 is 0 Å². The van der Waals surface area contributed by atoms with Crippen LogP contribution in [0.25, 0.3) is 0 Å². The lowest BCUT2D eigenvalue weighted by molar-refractivity contribution is 0.0712. The van der Waals surface area contributed by atoms with Crippen LogP contribution in [0, 0.1) is 6.92 Å². The molecule has 0 aromatic carbocycles. The van der Waals surface area contributed by atoms with Gasteiger partial charge in [-0.05, 0) is 32.6 Å². The molecule has 2 aliphatic rings. The summed E-state index contributed by atoms with van der Waals surface area (Å²) in [7, 11) is 0. The largest absolute Gasteiger partial charge is 0.367 e. The van der Waals surface area contributed by atoms with E-state index in [1.807, 2.05) is 17.9 Å². The van der Waals surface area contributed by atoms with Gasteiger partial charge in [0.25, 0.3) is 5.91 Å². The molecule has 0 spiro atoms. The van der Waals surface area contributed by atoms with Crippen molar-refractivity contribution in [2.45, 2.75) is 44.6 Å². The first-order chi connectivity index (χ1) is 12.2. The zero-order chi connectivity index (χ0) is 17.2. The van der Waals surface area contributed by atoms with E-state index in [-0.39, 0.29) is 5.91 Å². The van der Waals surface area contributed by atoms with E-state index in [1.165, 1.54) is 19.0 Å². The van der Waals surface area contributed by atoms with Gasteiger partial charge in [-0.3, -0.25) is 9.78 Å². The molecule has 1 aliphatic carbocycles. The standard InChI is InChI=1S/C18H22N6O/c1-12-10-16(23-17(21-12)13-2-3-13)22-14-4-8-24(9-5-14)18(25)15-11-19-6-7-20-15/h6-7,10-11,13-14H,2-5,8-9H2,1H3,(H,21,22,23). The summed E-state index contributed by atoms with van der Waals surface area (Å²) in [5, 5.41) is 3.53. The van der Waals surface area contributed by atoms with Crippen LogP contribution in [0.3, 0.4) is 0 Å². The first-order valence-electron chi connectivity index (χ1n) is 8.86. The van der Waals surface area contributed by atoms with Crippen molar-refractivity contribution in [1.82, 2.24) is 24.8 Å². The molecule has 2 aromatic rings. The molecule has 2 aromatic heterocycles. The number of nitrogens with one attached hydrogen (secondary N) is 1. The summed E-state index contributed by atoms with van der Waals surface area (Å²) in [5.74, 6) is 2.39. The molecule has 0 radical (unpaired) electrons. The normalized spacial score (nSPS) is 18.2. The number of nitrogens with zero attached hydrogens (tertiary/aromatic N) is 5. The van der Waals surface area contributed by atoms with Crippen LogP contribution < -0.4 is 5.32 Å². The van der Waals surface area contributed by atoms with Crippen LogP contribution in [0.2, 0.25) is 0 Å². The number of aromatic nitrogens is 4. The zero-order valence-electron chi connectivity index (χ0n) is 14.4. The summed E-state index contributed by atoms with van der Waals surface area (Å²) in [5.41, 5.74) is 1.42. The highest BCUT2D eigenvalue weighted by Crippen LogP contribution is 2.38. The molecule has 7 heteroatoms. The van der Waals surface area contributed by atoms with Crippen molar-refractivity contribution < 1.29 is 4.79 Å². The van der Waals surface area contributed by atoms with Gasteiger partial charge in [-0.2, -0.15) is 0 Å². The van der Waals surface area contributed by atoms with E-state index in [0.29, 0.717) is 30.7 Å². The van der Waals surface area contributed by atoms with E-state index in [9.17, 15) is 4.79 Å². The maximum atomic E-state index is 12.4. The predicted molar refractivity (Wildman–Crippen MR) is 93.3 cm³/mol. The van der Waals surface area contributed by atoms with Gasteiger partial charge in [0.15, 0.2) is 0 Å². The maximum Gasteiger partial charge on any atom is 0.274 e. The fourth-order valence-electron chi connectivity index (χ4n) is 3.20. The summed E-state index contributed by atoms with van der Waals surface area (Å²) >= 11 is 0. The molecular weight excluding hydrogens is 316 g/mol. The Labute approximate surface area is 146 Å². The predicted octanol–water partition coefficient (Wildman–Crippen LogP) is 2.17. The van der Waals surface area contributed by atoms with Gasteiger partial charge in [-0.15, -0.1) is 0 Å². The molecule has 1 amide bonds. The average molecular weight is 338 g/mol. The van der Waals surface area contributed by atoms with Crippen LogP contribution in [0.15, 0.2) is 24.7 Å². The second kappa shape index (κ2) is 6.74. The van der Waals surface area contributed by atoms with Crippen LogP contribution in [0.1, 0.15) is 53.6 Å². The Morgan fingerprint density at radius 3 is 2.64 bits per heavy atom. The number of anilines is 1. The lowest BCUT2D eigenvalue weighted by Gasteiger charge is -2.32. The minimum Gasteiger partial charge on any atom is -0.367 e. The van der Waals surface area contributed by atoms with Crippen molar-refractivity contribution in [1.29, 1.82) is 0 Å². The summed E-state index contributed by atoms with van der Waals surface area (Å²) in [4.78, 5) is 31.5. The van der Waals surface area contributed by atoms with Crippen LogP contribution in [-0.4, -0.2) is 49.9 Å². The van der Waals surface area contributed by atoms with Crippen molar-refractivity contribution in [2.75, 3.05) is 18.4 Å². The van der Waals surface area contributed by atoms with Crippen LogP contribution in [-0.2, 0) is 0 Å². The Kier molecular flexibility index (Phi) is 4.29. The van der Waals surface area contributed by atoms with Gasteiger partial charge >= 0.3 is 0 Å². The Hall–Kier alpha value is -2.57. The van der Waals surface area contributed by atoms with E-state index in [1.54, 1.807) is 12.4 Å². The maximum absolute atomic E-state index is 12.4. The molecule has 3 heterocycles. The average Bonchev–Trinajstić information content (AvgIpc) is 3.47. The highest BCUT2D eigenvalue weighted by atomic mass is 16.2. The van der Waals surface area contributed by atoms with Crippen molar-refractivity contribution in [3.8, 4) is 0 Å². The van der Waals surface area contributed by atoms with Crippen molar-refractivity contribution in [3.05, 3.63) is 41.9 Å². The quantitative estimate of drug-likeness (QED) is 0.920. The van der Waals surface area contributed by atoms with Gasteiger partial charge in [0, 0.05) is 49.2 Å². The monoisotopic (exact) mass is 338 g/mol. The Balaban J connectivity index is 1.35. The van der Waals surface area contributed by atoms with Crippen LogP contribution in [0.5, 0.6) is 0 Å². The second-order valence-electron chi connectivity index (χ2n) is 6.83. The Morgan fingerprint density at radius 2 is 1.96 bits per heavy atom. The minimum absolute atomic E-state index is 0.0412. The number of aryl methyl sites for hydroxylation is 1. The molecule has 130 valence electrons. The summed E-state index contributed by atoms with van der Waals surface area (Å²) < 4.78 is 0. The first kappa shape index (κ1) is 15.9. The molecule has 0 bridgehead atoms. The highest BCUT2D eigenvalue weighted by Gasteiger charge is 2.28. The first-order valence-corrected chi connectivity index (χ1v) is 8.86. The Morgan fingerprint density at radius 1 is 1.16 bits per heavy atom. The number of hydrogen-bond acceptors (Lipinski definition) is 6. The number of likely N-dealkylation sites (tertiary alicyclic amines) is 1. The molecule has 1 aliphatic heterocycles. The third-order valence-electron chi connectivity index (χ3n) is 4.73. The topological polar surface area (TPSA) is 83.9 Å². The molecule has 0 unspecified atom stereocenters. The van der Waals surface area contributed by atoms with E-state index in [0.717, 1.165) is 30.2 Å². The number of carbonyl (C=O) groups excluding carboxylic acids is 1. The SMILES string of the molecule is Cc1cc(NC2CCN(C(=O)c3cnccn3)CC2)nc(C2CC2)n1. The smallest absolute Gasteiger partial charge is 0.274 e. The number of rotatable bonds is 4. The summed E-state index contributed by atoms with van der Waals surface area (Å²) in [6, 6.07) is 2.33. The molecule has 2 fully saturated rings. The van der Waals surface area contributed by atoms with E-state index in [4.69, 9.17) is 0 Å². The van der Waals surface area contributed by atoms with Gasteiger partial charge in [-0.25, -0.2) is 15.0 Å². The van der Waals surface area contributed by atoms with Gasteiger partial charge in [0.1, 0.15) is 17.3 Å². The lowest BCUT2D eigenvalue weighted by Crippen LogP contribution is -2.42. The third-order valence-corrected chi connectivity index (χ3v) is 4.73.